The Hall–Kier alpha value is -1.10. The Kier molecular flexibility index (Phi) is 4.93. The van der Waals surface area contributed by atoms with E-state index in [0.717, 1.165) is 12.8 Å². The summed E-state index contributed by atoms with van der Waals surface area (Å²) in [4.78, 5) is 23.0. The predicted octanol–water partition coefficient (Wildman–Crippen LogP) is 1.17. The van der Waals surface area contributed by atoms with Crippen LogP contribution in [0.2, 0.25) is 0 Å². The molecule has 0 aromatic heterocycles. The van der Waals surface area contributed by atoms with E-state index in [-0.39, 0.29) is 12.5 Å². The molecular formula is C12H21NO4. The molecule has 1 amide bonds. The van der Waals surface area contributed by atoms with Gasteiger partial charge in [-0.15, -0.1) is 0 Å². The SMILES string of the molecule is CCC(CC)(CNC(=O)C1CCCO1)C(=O)O. The summed E-state index contributed by atoms with van der Waals surface area (Å²) in [6, 6.07) is 0. The Bertz CT molecular complexity index is 280. The number of amides is 1. The van der Waals surface area contributed by atoms with Gasteiger partial charge in [-0.3, -0.25) is 9.59 Å². The second-order valence-electron chi connectivity index (χ2n) is 4.51. The molecule has 5 nitrogen and oxygen atoms in total. The summed E-state index contributed by atoms with van der Waals surface area (Å²) in [6.45, 7) is 4.45. The lowest BCUT2D eigenvalue weighted by Crippen LogP contribution is -2.45. The molecule has 0 radical (unpaired) electrons. The molecule has 1 heterocycles. The van der Waals surface area contributed by atoms with Crippen molar-refractivity contribution in [3.63, 3.8) is 0 Å². The molecule has 98 valence electrons. The fraction of sp³-hybridized carbons (Fsp3) is 0.833. The first-order valence-electron chi connectivity index (χ1n) is 6.18. The molecule has 0 aromatic carbocycles. The largest absolute Gasteiger partial charge is 0.481 e. The van der Waals surface area contributed by atoms with E-state index in [1.54, 1.807) is 0 Å². The number of carbonyl (C=O) groups excluding carboxylic acids is 1. The van der Waals surface area contributed by atoms with E-state index in [0.29, 0.717) is 19.4 Å². The third-order valence-corrected chi connectivity index (χ3v) is 3.63. The number of ether oxygens (including phenoxy) is 1. The van der Waals surface area contributed by atoms with E-state index in [1.807, 2.05) is 13.8 Å². The minimum absolute atomic E-state index is 0.175. The molecule has 1 rings (SSSR count). The third-order valence-electron chi connectivity index (χ3n) is 3.63. The maximum absolute atomic E-state index is 11.7. The van der Waals surface area contributed by atoms with Crippen molar-refractivity contribution in [1.82, 2.24) is 5.32 Å². The van der Waals surface area contributed by atoms with Crippen molar-refractivity contribution in [3.8, 4) is 0 Å². The van der Waals surface area contributed by atoms with Gasteiger partial charge in [-0.2, -0.15) is 0 Å². The van der Waals surface area contributed by atoms with Gasteiger partial charge in [0.2, 0.25) is 5.91 Å². The van der Waals surface area contributed by atoms with Gasteiger partial charge >= 0.3 is 5.97 Å². The first-order chi connectivity index (χ1) is 8.05. The fourth-order valence-electron chi connectivity index (χ4n) is 2.03. The van der Waals surface area contributed by atoms with Gasteiger partial charge in [0.1, 0.15) is 6.10 Å². The number of aliphatic carboxylic acids is 1. The second-order valence-corrected chi connectivity index (χ2v) is 4.51. The van der Waals surface area contributed by atoms with Crippen LogP contribution in [0.1, 0.15) is 39.5 Å². The molecule has 0 aromatic rings. The Labute approximate surface area is 102 Å². The lowest BCUT2D eigenvalue weighted by molar-refractivity contribution is -0.149. The minimum Gasteiger partial charge on any atom is -0.481 e. The van der Waals surface area contributed by atoms with Crippen molar-refractivity contribution in [2.45, 2.75) is 45.6 Å². The standard InChI is InChI=1S/C12H21NO4/c1-3-12(4-2,11(15)16)8-13-10(14)9-6-5-7-17-9/h9H,3-8H2,1-2H3,(H,13,14)(H,15,16). The molecule has 0 bridgehead atoms. The van der Waals surface area contributed by atoms with Crippen molar-refractivity contribution in [1.29, 1.82) is 0 Å². The van der Waals surface area contributed by atoms with E-state index in [9.17, 15) is 14.7 Å². The van der Waals surface area contributed by atoms with Crippen LogP contribution in [0, 0.1) is 5.41 Å². The normalized spacial score (nSPS) is 20.2. The van der Waals surface area contributed by atoms with Crippen LogP contribution in [0.3, 0.4) is 0 Å². The second kappa shape index (κ2) is 6.00. The molecule has 1 aliphatic rings. The van der Waals surface area contributed by atoms with Crippen molar-refractivity contribution in [3.05, 3.63) is 0 Å². The zero-order valence-corrected chi connectivity index (χ0v) is 10.5. The maximum atomic E-state index is 11.7. The average Bonchev–Trinajstić information content (AvgIpc) is 2.84. The van der Waals surface area contributed by atoms with Crippen molar-refractivity contribution >= 4 is 11.9 Å². The first kappa shape index (κ1) is 14.0. The van der Waals surface area contributed by atoms with Crippen LogP contribution in [0.4, 0.5) is 0 Å². The number of hydrogen-bond acceptors (Lipinski definition) is 3. The number of carboxylic acids is 1. The maximum Gasteiger partial charge on any atom is 0.311 e. The van der Waals surface area contributed by atoms with Crippen LogP contribution < -0.4 is 5.32 Å². The zero-order chi connectivity index (χ0) is 12.9. The van der Waals surface area contributed by atoms with Crippen LogP contribution in [0.5, 0.6) is 0 Å². The van der Waals surface area contributed by atoms with Crippen LogP contribution in [-0.2, 0) is 14.3 Å². The van der Waals surface area contributed by atoms with Crippen LogP contribution in [-0.4, -0.2) is 36.2 Å². The van der Waals surface area contributed by atoms with Crippen LogP contribution >= 0.6 is 0 Å². The van der Waals surface area contributed by atoms with Gasteiger partial charge in [0.25, 0.3) is 0 Å². The highest BCUT2D eigenvalue weighted by Gasteiger charge is 2.36. The molecule has 5 heteroatoms. The number of hydrogen-bond donors (Lipinski definition) is 2. The molecule has 1 unspecified atom stereocenters. The quantitative estimate of drug-likeness (QED) is 0.734. The Morgan fingerprint density at radius 1 is 1.41 bits per heavy atom. The molecule has 1 saturated heterocycles. The monoisotopic (exact) mass is 243 g/mol. The molecule has 0 spiro atoms. The summed E-state index contributed by atoms with van der Waals surface area (Å²) in [6.07, 6.45) is 2.23. The molecule has 2 N–H and O–H groups in total. The Balaban J connectivity index is 2.51. The van der Waals surface area contributed by atoms with Gasteiger partial charge in [0.15, 0.2) is 0 Å². The van der Waals surface area contributed by atoms with Gasteiger partial charge in [0.05, 0.1) is 5.41 Å². The highest BCUT2D eigenvalue weighted by atomic mass is 16.5. The summed E-state index contributed by atoms with van der Waals surface area (Å²) in [5, 5.41) is 11.9. The van der Waals surface area contributed by atoms with E-state index in [4.69, 9.17) is 4.74 Å². The van der Waals surface area contributed by atoms with E-state index in [2.05, 4.69) is 5.32 Å². The molecule has 0 aliphatic carbocycles. The summed E-state index contributed by atoms with van der Waals surface area (Å²) in [7, 11) is 0. The Morgan fingerprint density at radius 2 is 2.06 bits per heavy atom. The molecular weight excluding hydrogens is 222 g/mol. The van der Waals surface area contributed by atoms with E-state index >= 15 is 0 Å². The summed E-state index contributed by atoms with van der Waals surface area (Å²) in [5.74, 6) is -1.04. The zero-order valence-electron chi connectivity index (χ0n) is 10.5. The summed E-state index contributed by atoms with van der Waals surface area (Å²) < 4.78 is 5.25. The predicted molar refractivity (Wildman–Crippen MR) is 62.6 cm³/mol. The van der Waals surface area contributed by atoms with Crippen molar-refractivity contribution in [2.24, 2.45) is 5.41 Å². The lowest BCUT2D eigenvalue weighted by atomic mass is 9.82. The number of carboxylic acid groups (broad SMARTS) is 1. The number of rotatable bonds is 6. The lowest BCUT2D eigenvalue weighted by Gasteiger charge is -2.27. The first-order valence-corrected chi connectivity index (χ1v) is 6.18. The van der Waals surface area contributed by atoms with Crippen molar-refractivity contribution < 1.29 is 19.4 Å². The van der Waals surface area contributed by atoms with E-state index in [1.165, 1.54) is 0 Å². The van der Waals surface area contributed by atoms with E-state index < -0.39 is 17.5 Å². The highest BCUT2D eigenvalue weighted by Crippen LogP contribution is 2.26. The number of nitrogens with one attached hydrogen (secondary N) is 1. The van der Waals surface area contributed by atoms with Gasteiger partial charge < -0.3 is 15.2 Å². The van der Waals surface area contributed by atoms with Gasteiger partial charge in [0, 0.05) is 13.2 Å². The molecule has 1 atom stereocenters. The van der Waals surface area contributed by atoms with Gasteiger partial charge in [-0.05, 0) is 25.7 Å². The molecule has 17 heavy (non-hydrogen) atoms. The minimum atomic E-state index is -0.853. The van der Waals surface area contributed by atoms with Crippen molar-refractivity contribution in [2.75, 3.05) is 13.2 Å². The summed E-state index contributed by atoms with van der Waals surface area (Å²) in [5.41, 5.74) is -0.853. The van der Waals surface area contributed by atoms with Crippen LogP contribution in [0.25, 0.3) is 0 Å². The number of carbonyl (C=O) groups is 2. The average molecular weight is 243 g/mol. The molecule has 1 aliphatic heterocycles. The topological polar surface area (TPSA) is 75.6 Å². The Morgan fingerprint density at radius 3 is 2.47 bits per heavy atom. The fourth-order valence-corrected chi connectivity index (χ4v) is 2.03. The van der Waals surface area contributed by atoms with Crippen LogP contribution in [0.15, 0.2) is 0 Å². The third kappa shape index (κ3) is 3.19. The smallest absolute Gasteiger partial charge is 0.311 e. The van der Waals surface area contributed by atoms with Gasteiger partial charge in [-0.25, -0.2) is 0 Å². The molecule has 0 saturated carbocycles. The summed E-state index contributed by atoms with van der Waals surface area (Å²) >= 11 is 0. The molecule has 1 fully saturated rings. The van der Waals surface area contributed by atoms with Gasteiger partial charge in [-0.1, -0.05) is 13.8 Å². The highest BCUT2D eigenvalue weighted by molar-refractivity contribution is 5.82.